The summed E-state index contributed by atoms with van der Waals surface area (Å²) in [7, 11) is 0. The number of aromatic nitrogens is 3. The van der Waals surface area contributed by atoms with Crippen molar-refractivity contribution in [2.45, 2.75) is 30.9 Å². The molecular formula is C13H15N3O2S. The predicted molar refractivity (Wildman–Crippen MR) is 73.7 cm³/mol. The van der Waals surface area contributed by atoms with Crippen molar-refractivity contribution in [1.82, 2.24) is 14.6 Å². The number of aromatic carboxylic acids is 1. The van der Waals surface area contributed by atoms with Crippen LogP contribution in [0.1, 0.15) is 35.4 Å². The van der Waals surface area contributed by atoms with E-state index in [0.717, 1.165) is 12.2 Å². The van der Waals surface area contributed by atoms with Crippen molar-refractivity contribution in [3.05, 3.63) is 29.7 Å². The summed E-state index contributed by atoms with van der Waals surface area (Å²) in [6.45, 7) is 0. The molecule has 2 aromatic heterocycles. The molecule has 3 heterocycles. The third kappa shape index (κ3) is 2.73. The maximum Gasteiger partial charge on any atom is 0.335 e. The number of fused-ring (bicyclic) bond motifs is 1. The van der Waals surface area contributed by atoms with E-state index < -0.39 is 5.97 Å². The second-order valence-corrected chi connectivity index (χ2v) is 6.15. The number of carbonyl (C=O) groups is 1. The zero-order valence-electron chi connectivity index (χ0n) is 10.5. The third-order valence-corrected chi connectivity index (χ3v) is 4.71. The van der Waals surface area contributed by atoms with Crippen LogP contribution in [0.25, 0.3) is 5.65 Å². The number of pyridine rings is 1. The van der Waals surface area contributed by atoms with E-state index in [1.165, 1.54) is 25.0 Å². The lowest BCUT2D eigenvalue weighted by molar-refractivity contribution is 0.0697. The van der Waals surface area contributed by atoms with Crippen molar-refractivity contribution in [2.75, 3.05) is 5.75 Å². The molecule has 1 N–H and O–H groups in total. The highest BCUT2D eigenvalue weighted by Crippen LogP contribution is 2.27. The monoisotopic (exact) mass is 277 g/mol. The second-order valence-electron chi connectivity index (χ2n) is 4.74. The number of carboxylic acids is 1. The zero-order chi connectivity index (χ0) is 13.2. The molecule has 6 heteroatoms. The molecule has 0 amide bonds. The zero-order valence-corrected chi connectivity index (χ0v) is 11.3. The van der Waals surface area contributed by atoms with E-state index >= 15 is 0 Å². The van der Waals surface area contributed by atoms with Crippen LogP contribution in [0, 0.1) is 0 Å². The standard InChI is InChI=1S/C13H15N3O2S/c17-13(18)9-4-5-16-12(7-9)14-11(15-16)8-10-3-1-2-6-19-10/h4-5,7,10H,1-3,6,8H2,(H,17,18). The average molecular weight is 277 g/mol. The van der Waals surface area contributed by atoms with Crippen molar-refractivity contribution in [3.8, 4) is 0 Å². The van der Waals surface area contributed by atoms with Crippen LogP contribution >= 0.6 is 11.8 Å². The number of rotatable bonds is 3. The molecule has 0 aliphatic carbocycles. The van der Waals surface area contributed by atoms with E-state index in [2.05, 4.69) is 10.1 Å². The molecule has 0 radical (unpaired) electrons. The van der Waals surface area contributed by atoms with Crippen molar-refractivity contribution in [2.24, 2.45) is 0 Å². The average Bonchev–Trinajstić information content (AvgIpc) is 2.80. The number of thioether (sulfide) groups is 1. The van der Waals surface area contributed by atoms with Gasteiger partial charge in [-0.1, -0.05) is 6.42 Å². The highest BCUT2D eigenvalue weighted by molar-refractivity contribution is 7.99. The van der Waals surface area contributed by atoms with Gasteiger partial charge < -0.3 is 5.11 Å². The van der Waals surface area contributed by atoms with Gasteiger partial charge in [-0.15, -0.1) is 0 Å². The van der Waals surface area contributed by atoms with E-state index in [4.69, 9.17) is 5.11 Å². The minimum absolute atomic E-state index is 0.249. The van der Waals surface area contributed by atoms with E-state index in [1.807, 2.05) is 11.8 Å². The highest BCUT2D eigenvalue weighted by atomic mass is 32.2. The van der Waals surface area contributed by atoms with Crippen LogP contribution < -0.4 is 0 Å². The van der Waals surface area contributed by atoms with Gasteiger partial charge in [0.15, 0.2) is 11.5 Å². The van der Waals surface area contributed by atoms with Gasteiger partial charge in [-0.05, 0) is 30.7 Å². The Kier molecular flexibility index (Phi) is 3.42. The van der Waals surface area contributed by atoms with Gasteiger partial charge >= 0.3 is 5.97 Å². The fraction of sp³-hybridized carbons (Fsp3) is 0.462. The van der Waals surface area contributed by atoms with Gasteiger partial charge in [-0.2, -0.15) is 16.9 Å². The Morgan fingerprint density at radius 3 is 3.16 bits per heavy atom. The largest absolute Gasteiger partial charge is 0.478 e. The first-order valence-corrected chi connectivity index (χ1v) is 7.47. The summed E-state index contributed by atoms with van der Waals surface area (Å²) in [6.07, 6.45) is 6.34. The van der Waals surface area contributed by atoms with Crippen molar-refractivity contribution >= 4 is 23.4 Å². The first-order chi connectivity index (χ1) is 9.22. The second kappa shape index (κ2) is 5.21. The Morgan fingerprint density at radius 1 is 1.53 bits per heavy atom. The van der Waals surface area contributed by atoms with Crippen LogP contribution in [0.2, 0.25) is 0 Å². The summed E-state index contributed by atoms with van der Waals surface area (Å²) in [4.78, 5) is 15.3. The Hall–Kier alpha value is -1.56. The van der Waals surface area contributed by atoms with E-state index in [1.54, 1.807) is 22.8 Å². The minimum Gasteiger partial charge on any atom is -0.478 e. The van der Waals surface area contributed by atoms with Crippen LogP contribution in [0.3, 0.4) is 0 Å². The summed E-state index contributed by atoms with van der Waals surface area (Å²) >= 11 is 1.99. The van der Waals surface area contributed by atoms with Crippen molar-refractivity contribution in [1.29, 1.82) is 0 Å². The van der Waals surface area contributed by atoms with Gasteiger partial charge in [0.05, 0.1) is 5.56 Å². The van der Waals surface area contributed by atoms with Gasteiger partial charge in [0.2, 0.25) is 0 Å². The third-order valence-electron chi connectivity index (χ3n) is 3.31. The molecule has 1 fully saturated rings. The lowest BCUT2D eigenvalue weighted by Gasteiger charge is -2.19. The molecule has 19 heavy (non-hydrogen) atoms. The Morgan fingerprint density at radius 2 is 2.42 bits per heavy atom. The maximum absolute atomic E-state index is 10.9. The predicted octanol–water partition coefficient (Wildman–Crippen LogP) is 2.26. The first kappa shape index (κ1) is 12.5. The number of hydrogen-bond donors (Lipinski definition) is 1. The molecule has 0 aromatic carbocycles. The molecule has 3 rings (SSSR count). The summed E-state index contributed by atoms with van der Waals surface area (Å²) in [5.74, 6) is 1.10. The van der Waals surface area contributed by atoms with Crippen LogP contribution in [0.4, 0.5) is 0 Å². The molecule has 1 aliphatic rings. The SMILES string of the molecule is O=C(O)c1ccn2nc(CC3CCCCS3)nc2c1. The van der Waals surface area contributed by atoms with E-state index in [9.17, 15) is 4.79 Å². The molecule has 0 saturated carbocycles. The summed E-state index contributed by atoms with van der Waals surface area (Å²) < 4.78 is 1.65. The van der Waals surface area contributed by atoms with Gasteiger partial charge in [0.25, 0.3) is 0 Å². The van der Waals surface area contributed by atoms with E-state index in [0.29, 0.717) is 10.9 Å². The molecule has 1 aliphatic heterocycles. The van der Waals surface area contributed by atoms with Gasteiger partial charge in [0.1, 0.15) is 0 Å². The number of hydrogen-bond acceptors (Lipinski definition) is 4. The van der Waals surface area contributed by atoms with Crippen molar-refractivity contribution < 1.29 is 9.90 Å². The minimum atomic E-state index is -0.935. The highest BCUT2D eigenvalue weighted by Gasteiger charge is 2.17. The van der Waals surface area contributed by atoms with Crippen molar-refractivity contribution in [3.63, 3.8) is 0 Å². The topological polar surface area (TPSA) is 67.5 Å². The summed E-state index contributed by atoms with van der Waals surface area (Å²) in [5.41, 5.74) is 0.856. The van der Waals surface area contributed by atoms with Gasteiger partial charge in [0, 0.05) is 17.9 Å². The lowest BCUT2D eigenvalue weighted by Crippen LogP contribution is -2.13. The maximum atomic E-state index is 10.9. The molecule has 1 saturated heterocycles. The van der Waals surface area contributed by atoms with Gasteiger partial charge in [-0.3, -0.25) is 0 Å². The fourth-order valence-corrected chi connectivity index (χ4v) is 3.62. The summed E-state index contributed by atoms with van der Waals surface area (Å²) in [5, 5.41) is 14.0. The van der Waals surface area contributed by atoms with Crippen LogP contribution in [-0.2, 0) is 6.42 Å². The molecule has 0 spiro atoms. The van der Waals surface area contributed by atoms with Crippen LogP contribution in [-0.4, -0.2) is 36.7 Å². The van der Waals surface area contributed by atoms with Gasteiger partial charge in [-0.25, -0.2) is 14.3 Å². The first-order valence-electron chi connectivity index (χ1n) is 6.42. The molecular weight excluding hydrogens is 262 g/mol. The smallest absolute Gasteiger partial charge is 0.335 e. The molecule has 1 unspecified atom stereocenters. The quantitative estimate of drug-likeness (QED) is 0.932. The Labute approximate surface area is 115 Å². The molecule has 100 valence electrons. The molecule has 2 aromatic rings. The Bertz CT molecular complexity index is 605. The Balaban J connectivity index is 1.82. The summed E-state index contributed by atoms with van der Waals surface area (Å²) in [6, 6.07) is 3.11. The van der Waals surface area contributed by atoms with E-state index in [-0.39, 0.29) is 5.56 Å². The molecule has 0 bridgehead atoms. The van der Waals surface area contributed by atoms with Crippen LogP contribution in [0.15, 0.2) is 18.3 Å². The molecule has 1 atom stereocenters. The number of nitrogens with zero attached hydrogens (tertiary/aromatic N) is 3. The van der Waals surface area contributed by atoms with Crippen LogP contribution in [0.5, 0.6) is 0 Å². The fourth-order valence-electron chi connectivity index (χ4n) is 2.32. The molecule has 5 nitrogen and oxygen atoms in total. The lowest BCUT2D eigenvalue weighted by atomic mass is 10.1. The normalized spacial score (nSPS) is 19.7. The number of carboxylic acid groups (broad SMARTS) is 1.